The molecule has 4 aromatic rings. The van der Waals surface area contributed by atoms with E-state index in [4.69, 9.17) is 5.73 Å². The van der Waals surface area contributed by atoms with Crippen molar-refractivity contribution in [2.75, 3.05) is 32.9 Å². The second kappa shape index (κ2) is 9.37. The zero-order valence-electron chi connectivity index (χ0n) is 17.8. The van der Waals surface area contributed by atoms with Gasteiger partial charge < -0.3 is 15.5 Å². The molecule has 164 valence electrons. The van der Waals surface area contributed by atoms with E-state index in [1.54, 1.807) is 23.2 Å². The van der Waals surface area contributed by atoms with Crippen molar-refractivity contribution in [1.82, 2.24) is 24.8 Å². The number of anilines is 1. The van der Waals surface area contributed by atoms with Gasteiger partial charge in [-0.1, -0.05) is 18.2 Å². The van der Waals surface area contributed by atoms with E-state index in [-0.39, 0.29) is 17.7 Å². The Kier molecular flexibility index (Phi) is 6.38. The molecule has 0 saturated carbocycles. The van der Waals surface area contributed by atoms with E-state index < -0.39 is 0 Å². The first-order valence-corrected chi connectivity index (χ1v) is 10.9. The van der Waals surface area contributed by atoms with Crippen LogP contribution in [0.2, 0.25) is 0 Å². The number of fused-ring (bicyclic) bond motifs is 1. The van der Waals surface area contributed by atoms with Gasteiger partial charge in [-0.25, -0.2) is 19.3 Å². The zero-order valence-corrected chi connectivity index (χ0v) is 18.6. The second-order valence-corrected chi connectivity index (χ2v) is 8.69. The molecule has 0 radical (unpaired) electrons. The second-order valence-electron chi connectivity index (χ2n) is 7.66. The molecule has 2 aromatic carbocycles. The van der Waals surface area contributed by atoms with Crippen LogP contribution in [0, 0.1) is 5.82 Å². The number of aromatic nitrogens is 3. The fraction of sp³-hybridized carbons (Fsp3) is 0.217. The van der Waals surface area contributed by atoms with Crippen LogP contribution in [0.5, 0.6) is 0 Å². The predicted octanol–water partition coefficient (Wildman–Crippen LogP) is 3.68. The van der Waals surface area contributed by atoms with E-state index in [0.29, 0.717) is 30.3 Å². The maximum Gasteiger partial charge on any atom is 0.283 e. The van der Waals surface area contributed by atoms with Crippen LogP contribution in [0.15, 0.2) is 54.7 Å². The van der Waals surface area contributed by atoms with Crippen LogP contribution in [0.25, 0.3) is 21.5 Å². The first-order chi connectivity index (χ1) is 15.4. The minimum atomic E-state index is -0.319. The van der Waals surface area contributed by atoms with Crippen LogP contribution in [0.1, 0.15) is 15.4 Å². The summed E-state index contributed by atoms with van der Waals surface area (Å²) in [6.07, 6.45) is 1.61. The molecule has 7 nitrogen and oxygen atoms in total. The maximum absolute atomic E-state index is 13.7. The average Bonchev–Trinajstić information content (AvgIpc) is 3.19. The lowest BCUT2D eigenvalue weighted by molar-refractivity contribution is 0.0731. The summed E-state index contributed by atoms with van der Waals surface area (Å²) < 4.78 is 14.5. The van der Waals surface area contributed by atoms with Crippen molar-refractivity contribution in [3.63, 3.8) is 0 Å². The molecule has 0 bridgehead atoms. The standard InChI is InChI=1S/C23H23FN6OS/c1-29(2)10-11-30(14-15-4-3-5-17(24)12-15)22(31)21-27-19-7-6-16(13-20(19)32-21)18-8-9-26-23(25)28-18/h3-9,12-13H,10-11,14H2,1-2H3,(H2,25,26,28). The smallest absolute Gasteiger partial charge is 0.283 e. The summed E-state index contributed by atoms with van der Waals surface area (Å²) in [5.41, 5.74) is 8.76. The van der Waals surface area contributed by atoms with Gasteiger partial charge >= 0.3 is 0 Å². The summed E-state index contributed by atoms with van der Waals surface area (Å²) >= 11 is 1.33. The van der Waals surface area contributed by atoms with Crippen molar-refractivity contribution in [2.45, 2.75) is 6.54 Å². The van der Waals surface area contributed by atoms with Gasteiger partial charge in [0.25, 0.3) is 5.91 Å². The number of amides is 1. The third-order valence-corrected chi connectivity index (χ3v) is 5.91. The van der Waals surface area contributed by atoms with Crippen LogP contribution in [0.4, 0.5) is 10.3 Å². The van der Waals surface area contributed by atoms with Crippen LogP contribution in [0.3, 0.4) is 0 Å². The molecule has 0 spiro atoms. The molecular formula is C23H23FN6OS. The third-order valence-electron chi connectivity index (χ3n) is 4.91. The number of hydrogen-bond donors (Lipinski definition) is 1. The van der Waals surface area contributed by atoms with Gasteiger partial charge in [0.05, 0.1) is 15.9 Å². The molecule has 2 heterocycles. The predicted molar refractivity (Wildman–Crippen MR) is 125 cm³/mol. The highest BCUT2D eigenvalue weighted by atomic mass is 32.1. The van der Waals surface area contributed by atoms with Crippen molar-refractivity contribution < 1.29 is 9.18 Å². The number of nitrogen functional groups attached to an aromatic ring is 1. The van der Waals surface area contributed by atoms with E-state index in [1.807, 2.05) is 43.3 Å². The van der Waals surface area contributed by atoms with Crippen molar-refractivity contribution >= 4 is 33.4 Å². The van der Waals surface area contributed by atoms with Gasteiger partial charge in [0.15, 0.2) is 5.01 Å². The first kappa shape index (κ1) is 21.8. The van der Waals surface area contributed by atoms with Crippen molar-refractivity contribution in [2.24, 2.45) is 0 Å². The number of carbonyl (C=O) groups is 1. The van der Waals surface area contributed by atoms with E-state index in [2.05, 4.69) is 15.0 Å². The number of halogens is 1. The van der Waals surface area contributed by atoms with Crippen molar-refractivity contribution in [3.05, 3.63) is 71.1 Å². The Morgan fingerprint density at radius 2 is 1.94 bits per heavy atom. The van der Waals surface area contributed by atoms with Gasteiger partial charge in [-0.2, -0.15) is 0 Å². The topological polar surface area (TPSA) is 88.2 Å². The van der Waals surface area contributed by atoms with Crippen LogP contribution in [-0.4, -0.2) is 57.8 Å². The highest BCUT2D eigenvalue weighted by Crippen LogP contribution is 2.28. The minimum Gasteiger partial charge on any atom is -0.368 e. The van der Waals surface area contributed by atoms with Crippen LogP contribution in [-0.2, 0) is 6.54 Å². The maximum atomic E-state index is 13.7. The van der Waals surface area contributed by atoms with E-state index >= 15 is 0 Å². The molecule has 0 aliphatic carbocycles. The number of benzene rings is 2. The summed E-state index contributed by atoms with van der Waals surface area (Å²) in [5.74, 6) is -0.290. The van der Waals surface area contributed by atoms with Gasteiger partial charge in [0.1, 0.15) is 5.82 Å². The lowest BCUT2D eigenvalue weighted by Gasteiger charge is -2.23. The summed E-state index contributed by atoms with van der Waals surface area (Å²) in [4.78, 5) is 29.8. The Morgan fingerprint density at radius 3 is 2.69 bits per heavy atom. The molecule has 9 heteroatoms. The monoisotopic (exact) mass is 450 g/mol. The SMILES string of the molecule is CN(C)CCN(Cc1cccc(F)c1)C(=O)c1nc2ccc(-c3ccnc(N)n3)cc2s1. The Bertz CT molecular complexity index is 1260. The molecule has 0 unspecified atom stereocenters. The Labute approximate surface area is 189 Å². The van der Waals surface area contributed by atoms with Gasteiger partial charge in [-0.05, 0) is 50.0 Å². The lowest BCUT2D eigenvalue weighted by Crippen LogP contribution is -2.36. The highest BCUT2D eigenvalue weighted by Gasteiger charge is 2.21. The average molecular weight is 451 g/mol. The van der Waals surface area contributed by atoms with Gasteiger partial charge in [0, 0.05) is 31.4 Å². The lowest BCUT2D eigenvalue weighted by atomic mass is 10.1. The third kappa shape index (κ3) is 5.06. The number of nitrogens with zero attached hydrogens (tertiary/aromatic N) is 5. The van der Waals surface area contributed by atoms with Crippen LogP contribution < -0.4 is 5.73 Å². The summed E-state index contributed by atoms with van der Waals surface area (Å²) in [6.45, 7) is 1.50. The number of likely N-dealkylation sites (N-methyl/N-ethyl adjacent to an activating group) is 1. The number of hydrogen-bond acceptors (Lipinski definition) is 7. The van der Waals surface area contributed by atoms with Crippen molar-refractivity contribution in [3.8, 4) is 11.3 Å². The first-order valence-electron chi connectivity index (χ1n) is 10.1. The molecule has 32 heavy (non-hydrogen) atoms. The fourth-order valence-electron chi connectivity index (χ4n) is 3.27. The molecular weight excluding hydrogens is 427 g/mol. The molecule has 1 amide bonds. The Morgan fingerprint density at radius 1 is 1.09 bits per heavy atom. The number of thiazole rings is 1. The Balaban J connectivity index is 1.62. The molecule has 0 atom stereocenters. The molecule has 4 rings (SSSR count). The highest BCUT2D eigenvalue weighted by molar-refractivity contribution is 7.20. The summed E-state index contributed by atoms with van der Waals surface area (Å²) in [6, 6.07) is 13.8. The normalized spacial score (nSPS) is 11.2. The number of carbonyl (C=O) groups excluding carboxylic acids is 1. The number of nitrogens with two attached hydrogens (primary N) is 1. The molecule has 0 fully saturated rings. The van der Waals surface area contributed by atoms with Gasteiger partial charge in [-0.3, -0.25) is 4.79 Å². The quantitative estimate of drug-likeness (QED) is 0.462. The number of rotatable bonds is 7. The summed E-state index contributed by atoms with van der Waals surface area (Å²) in [7, 11) is 3.90. The Hall–Kier alpha value is -3.43. The minimum absolute atomic E-state index is 0.176. The molecule has 2 aromatic heterocycles. The van der Waals surface area contributed by atoms with E-state index in [9.17, 15) is 9.18 Å². The molecule has 2 N–H and O–H groups in total. The fourth-order valence-corrected chi connectivity index (χ4v) is 4.25. The van der Waals surface area contributed by atoms with Crippen LogP contribution >= 0.6 is 11.3 Å². The zero-order chi connectivity index (χ0) is 22.7. The molecule has 0 saturated heterocycles. The summed E-state index contributed by atoms with van der Waals surface area (Å²) in [5, 5.41) is 0.398. The molecule has 0 aliphatic rings. The largest absolute Gasteiger partial charge is 0.368 e. The van der Waals surface area contributed by atoms with Crippen molar-refractivity contribution in [1.29, 1.82) is 0 Å². The van der Waals surface area contributed by atoms with E-state index in [0.717, 1.165) is 21.3 Å². The van der Waals surface area contributed by atoms with Gasteiger partial charge in [-0.15, -0.1) is 11.3 Å². The van der Waals surface area contributed by atoms with E-state index in [1.165, 1.54) is 23.5 Å². The van der Waals surface area contributed by atoms with Gasteiger partial charge in [0.2, 0.25) is 5.95 Å². The molecule has 0 aliphatic heterocycles.